The van der Waals surface area contributed by atoms with Crippen LogP contribution in [0.1, 0.15) is 41.6 Å². The van der Waals surface area contributed by atoms with Gasteiger partial charge in [-0.25, -0.2) is 4.98 Å². The molecule has 1 aliphatic carbocycles. The summed E-state index contributed by atoms with van der Waals surface area (Å²) in [7, 11) is 0. The molecule has 0 aliphatic heterocycles. The molecule has 2 aromatic heterocycles. The molecule has 1 aliphatic rings. The van der Waals surface area contributed by atoms with Crippen LogP contribution in [-0.2, 0) is 6.54 Å². The Hall–Kier alpha value is -1.78. The first-order valence-electron chi connectivity index (χ1n) is 6.36. The first-order chi connectivity index (χ1) is 8.65. The second-order valence-corrected chi connectivity index (χ2v) is 5.00. The van der Waals surface area contributed by atoms with Crippen molar-refractivity contribution in [3.63, 3.8) is 0 Å². The van der Waals surface area contributed by atoms with Crippen molar-refractivity contribution in [1.82, 2.24) is 14.7 Å². The first-order valence-corrected chi connectivity index (χ1v) is 6.36. The van der Waals surface area contributed by atoms with Gasteiger partial charge >= 0.3 is 0 Å². The van der Waals surface area contributed by atoms with E-state index in [1.165, 1.54) is 12.8 Å². The van der Waals surface area contributed by atoms with Crippen LogP contribution >= 0.6 is 0 Å². The van der Waals surface area contributed by atoms with Crippen molar-refractivity contribution in [2.75, 3.05) is 5.32 Å². The molecule has 0 bridgehead atoms. The molecule has 5 heteroatoms. The third-order valence-corrected chi connectivity index (χ3v) is 3.40. The number of hydrogen-bond donors (Lipinski definition) is 1. The standard InChI is InChI=1S/C13H18N4O/c1-8-7-17(11-4-5-11)13(15-8)14-6-12-9(2)16-18-10(12)3/h7,11H,4-6H2,1-3H3,(H,14,15). The third kappa shape index (κ3) is 2.00. The van der Waals surface area contributed by atoms with Gasteiger partial charge in [0.2, 0.25) is 5.95 Å². The van der Waals surface area contributed by atoms with Crippen LogP contribution in [0.2, 0.25) is 0 Å². The lowest BCUT2D eigenvalue weighted by molar-refractivity contribution is 0.392. The molecular formula is C13H18N4O. The van der Waals surface area contributed by atoms with Gasteiger partial charge in [0.15, 0.2) is 0 Å². The SMILES string of the molecule is Cc1cn(C2CC2)c(NCc2c(C)noc2C)n1. The Morgan fingerprint density at radius 3 is 2.78 bits per heavy atom. The average Bonchev–Trinajstić information content (AvgIpc) is 3.04. The number of nitrogens with zero attached hydrogens (tertiary/aromatic N) is 3. The fraction of sp³-hybridized carbons (Fsp3) is 0.538. The van der Waals surface area contributed by atoms with E-state index in [4.69, 9.17) is 4.52 Å². The summed E-state index contributed by atoms with van der Waals surface area (Å²) < 4.78 is 7.41. The van der Waals surface area contributed by atoms with E-state index >= 15 is 0 Å². The lowest BCUT2D eigenvalue weighted by Crippen LogP contribution is -2.07. The van der Waals surface area contributed by atoms with E-state index in [9.17, 15) is 0 Å². The van der Waals surface area contributed by atoms with Gasteiger partial charge in [0.25, 0.3) is 0 Å². The molecule has 0 amide bonds. The maximum absolute atomic E-state index is 5.16. The normalized spacial score (nSPS) is 15.1. The highest BCUT2D eigenvalue weighted by atomic mass is 16.5. The highest BCUT2D eigenvalue weighted by Crippen LogP contribution is 2.37. The van der Waals surface area contributed by atoms with Gasteiger partial charge in [-0.15, -0.1) is 0 Å². The molecule has 0 atom stereocenters. The number of aryl methyl sites for hydroxylation is 3. The lowest BCUT2D eigenvalue weighted by atomic mass is 10.2. The number of nitrogens with one attached hydrogen (secondary N) is 1. The number of imidazole rings is 1. The Labute approximate surface area is 106 Å². The van der Waals surface area contributed by atoms with Crippen LogP contribution in [0, 0.1) is 20.8 Å². The highest BCUT2D eigenvalue weighted by Gasteiger charge is 2.26. The minimum atomic E-state index is 0.637. The van der Waals surface area contributed by atoms with Gasteiger partial charge in [0.1, 0.15) is 5.76 Å². The van der Waals surface area contributed by atoms with Crippen molar-refractivity contribution in [1.29, 1.82) is 0 Å². The van der Waals surface area contributed by atoms with Crippen molar-refractivity contribution in [2.24, 2.45) is 0 Å². The monoisotopic (exact) mass is 246 g/mol. The van der Waals surface area contributed by atoms with E-state index in [2.05, 4.69) is 26.2 Å². The van der Waals surface area contributed by atoms with E-state index in [0.717, 1.165) is 28.7 Å². The lowest BCUT2D eigenvalue weighted by Gasteiger charge is -2.08. The zero-order valence-electron chi connectivity index (χ0n) is 11.0. The zero-order chi connectivity index (χ0) is 12.7. The number of aromatic nitrogens is 3. The van der Waals surface area contributed by atoms with E-state index in [-0.39, 0.29) is 0 Å². The van der Waals surface area contributed by atoms with Gasteiger partial charge < -0.3 is 14.4 Å². The van der Waals surface area contributed by atoms with Crippen molar-refractivity contribution >= 4 is 5.95 Å². The van der Waals surface area contributed by atoms with Gasteiger partial charge in [-0.2, -0.15) is 0 Å². The first kappa shape index (κ1) is 11.3. The molecule has 0 radical (unpaired) electrons. The zero-order valence-corrected chi connectivity index (χ0v) is 11.0. The number of rotatable bonds is 4. The molecule has 2 heterocycles. The number of hydrogen-bond acceptors (Lipinski definition) is 4. The van der Waals surface area contributed by atoms with Gasteiger partial charge in [-0.1, -0.05) is 5.16 Å². The van der Waals surface area contributed by atoms with Gasteiger partial charge in [-0.05, 0) is 33.6 Å². The summed E-state index contributed by atoms with van der Waals surface area (Å²) in [6, 6.07) is 0.637. The summed E-state index contributed by atoms with van der Waals surface area (Å²) in [5, 5.41) is 7.35. The van der Waals surface area contributed by atoms with E-state index in [0.29, 0.717) is 12.6 Å². The topological polar surface area (TPSA) is 55.9 Å². The molecule has 96 valence electrons. The molecule has 0 saturated heterocycles. The second kappa shape index (κ2) is 4.15. The van der Waals surface area contributed by atoms with Gasteiger partial charge in [0, 0.05) is 24.3 Å². The van der Waals surface area contributed by atoms with E-state index in [1.807, 2.05) is 20.8 Å². The van der Waals surface area contributed by atoms with Gasteiger partial charge in [0.05, 0.1) is 11.4 Å². The molecule has 1 saturated carbocycles. The molecule has 0 unspecified atom stereocenters. The summed E-state index contributed by atoms with van der Waals surface area (Å²) in [5.41, 5.74) is 3.13. The molecule has 0 spiro atoms. The Kier molecular flexibility index (Phi) is 2.61. The third-order valence-electron chi connectivity index (χ3n) is 3.40. The minimum Gasteiger partial charge on any atom is -0.361 e. The summed E-state index contributed by atoms with van der Waals surface area (Å²) in [4.78, 5) is 4.53. The van der Waals surface area contributed by atoms with Crippen molar-refractivity contribution < 1.29 is 4.52 Å². The van der Waals surface area contributed by atoms with Crippen molar-refractivity contribution in [3.8, 4) is 0 Å². The van der Waals surface area contributed by atoms with E-state index < -0.39 is 0 Å². The molecule has 2 aromatic rings. The van der Waals surface area contributed by atoms with Crippen molar-refractivity contribution in [2.45, 2.75) is 46.2 Å². The van der Waals surface area contributed by atoms with Gasteiger partial charge in [-0.3, -0.25) is 0 Å². The molecule has 0 aromatic carbocycles. The van der Waals surface area contributed by atoms with Crippen LogP contribution in [0.5, 0.6) is 0 Å². The summed E-state index contributed by atoms with van der Waals surface area (Å²) >= 11 is 0. The fourth-order valence-corrected chi connectivity index (χ4v) is 2.20. The van der Waals surface area contributed by atoms with Crippen LogP contribution in [0.4, 0.5) is 5.95 Å². The van der Waals surface area contributed by atoms with Crippen molar-refractivity contribution in [3.05, 3.63) is 28.9 Å². The fourth-order valence-electron chi connectivity index (χ4n) is 2.20. The smallest absolute Gasteiger partial charge is 0.203 e. The maximum atomic E-state index is 5.16. The molecule has 5 nitrogen and oxygen atoms in total. The largest absolute Gasteiger partial charge is 0.361 e. The van der Waals surface area contributed by atoms with E-state index in [1.54, 1.807) is 0 Å². The predicted octanol–water partition coefficient (Wildman–Crippen LogP) is 2.74. The Morgan fingerprint density at radius 1 is 1.39 bits per heavy atom. The summed E-state index contributed by atoms with van der Waals surface area (Å²) in [5.74, 6) is 1.83. The second-order valence-electron chi connectivity index (χ2n) is 5.00. The summed E-state index contributed by atoms with van der Waals surface area (Å²) in [6.45, 7) is 6.64. The molecule has 1 fully saturated rings. The predicted molar refractivity (Wildman–Crippen MR) is 68.5 cm³/mol. The molecule has 18 heavy (non-hydrogen) atoms. The molecule has 1 N–H and O–H groups in total. The number of anilines is 1. The quantitative estimate of drug-likeness (QED) is 0.901. The molecular weight excluding hydrogens is 228 g/mol. The minimum absolute atomic E-state index is 0.637. The van der Waals surface area contributed by atoms with Crippen LogP contribution in [-0.4, -0.2) is 14.7 Å². The average molecular weight is 246 g/mol. The van der Waals surface area contributed by atoms with Crippen LogP contribution in [0.25, 0.3) is 0 Å². The molecule has 3 rings (SSSR count). The Bertz CT molecular complexity index is 546. The Morgan fingerprint density at radius 2 is 2.17 bits per heavy atom. The highest BCUT2D eigenvalue weighted by molar-refractivity contribution is 5.34. The Balaban J connectivity index is 1.77. The summed E-state index contributed by atoms with van der Waals surface area (Å²) in [6.07, 6.45) is 4.64. The van der Waals surface area contributed by atoms with Crippen LogP contribution < -0.4 is 5.32 Å². The maximum Gasteiger partial charge on any atom is 0.203 e. The van der Waals surface area contributed by atoms with Crippen LogP contribution in [0.3, 0.4) is 0 Å². The van der Waals surface area contributed by atoms with Crippen LogP contribution in [0.15, 0.2) is 10.7 Å².